The van der Waals surface area contributed by atoms with Gasteiger partial charge in [-0.15, -0.1) is 0 Å². The highest BCUT2D eigenvalue weighted by Gasteiger charge is 1.97. The molecule has 0 radical (unpaired) electrons. The second-order valence-corrected chi connectivity index (χ2v) is 4.02. The minimum atomic E-state index is 0.705. The second-order valence-electron chi connectivity index (χ2n) is 4.02. The van der Waals surface area contributed by atoms with Gasteiger partial charge in [-0.1, -0.05) is 12.1 Å². The van der Waals surface area contributed by atoms with Crippen molar-refractivity contribution in [2.24, 2.45) is 0 Å². The molecule has 0 aliphatic rings. The van der Waals surface area contributed by atoms with Gasteiger partial charge in [0.25, 0.3) is 0 Å². The molecule has 0 unspecified atom stereocenters. The highest BCUT2D eigenvalue weighted by Crippen LogP contribution is 2.03. The molecule has 0 spiro atoms. The highest BCUT2D eigenvalue weighted by molar-refractivity contribution is 5.32. The first-order valence-corrected chi connectivity index (χ1v) is 5.92. The number of rotatable bonds is 6. The van der Waals surface area contributed by atoms with E-state index in [9.17, 15) is 0 Å². The van der Waals surface area contributed by atoms with E-state index in [1.54, 1.807) is 0 Å². The van der Waals surface area contributed by atoms with Gasteiger partial charge in [-0.25, -0.2) is 4.98 Å². The lowest BCUT2D eigenvalue weighted by molar-refractivity contribution is 0.639. The van der Waals surface area contributed by atoms with Crippen LogP contribution in [0.4, 0.5) is 0 Å². The highest BCUT2D eigenvalue weighted by atomic mass is 15.2. The van der Waals surface area contributed by atoms with Crippen LogP contribution < -0.4 is 5.32 Å². The molecule has 5 heteroatoms. The van der Waals surface area contributed by atoms with Crippen molar-refractivity contribution < 1.29 is 0 Å². The third-order valence-corrected chi connectivity index (χ3v) is 2.62. The smallest absolute Gasteiger partial charge is 0.137 e. The molecule has 92 valence electrons. The molecule has 0 bridgehead atoms. The van der Waals surface area contributed by atoms with Crippen LogP contribution in [0.5, 0.6) is 0 Å². The zero-order valence-electron chi connectivity index (χ0n) is 10.1. The van der Waals surface area contributed by atoms with Crippen molar-refractivity contribution in [2.45, 2.75) is 19.4 Å². The summed E-state index contributed by atoms with van der Waals surface area (Å²) >= 11 is 0. The Labute approximate surface area is 106 Å². The number of H-pyrrole nitrogens is 1. The van der Waals surface area contributed by atoms with Gasteiger partial charge in [0, 0.05) is 13.0 Å². The van der Waals surface area contributed by atoms with Gasteiger partial charge < -0.3 is 5.32 Å². The summed E-state index contributed by atoms with van der Waals surface area (Å²) in [5.74, 6) is 0.920. The van der Waals surface area contributed by atoms with Crippen molar-refractivity contribution in [1.82, 2.24) is 20.5 Å². The molecule has 0 saturated carbocycles. The van der Waals surface area contributed by atoms with E-state index < -0.39 is 0 Å². The van der Waals surface area contributed by atoms with Crippen molar-refractivity contribution in [3.63, 3.8) is 0 Å². The van der Waals surface area contributed by atoms with E-state index in [1.165, 1.54) is 6.33 Å². The molecule has 0 atom stereocenters. The summed E-state index contributed by atoms with van der Waals surface area (Å²) in [5.41, 5.74) is 1.84. The topological polar surface area (TPSA) is 77.4 Å². The van der Waals surface area contributed by atoms with E-state index >= 15 is 0 Å². The van der Waals surface area contributed by atoms with E-state index in [2.05, 4.69) is 26.6 Å². The fourth-order valence-corrected chi connectivity index (χ4v) is 1.72. The zero-order chi connectivity index (χ0) is 12.6. The Balaban J connectivity index is 1.67. The lowest BCUT2D eigenvalue weighted by Crippen LogP contribution is -2.15. The predicted molar refractivity (Wildman–Crippen MR) is 67.6 cm³/mol. The van der Waals surface area contributed by atoms with Crippen LogP contribution in [-0.2, 0) is 13.0 Å². The number of aromatic nitrogens is 3. The van der Waals surface area contributed by atoms with E-state index in [1.807, 2.05) is 24.3 Å². The number of aromatic amines is 1. The van der Waals surface area contributed by atoms with Crippen LogP contribution in [0.2, 0.25) is 0 Å². The predicted octanol–water partition coefficient (Wildman–Crippen LogP) is 1.40. The Morgan fingerprint density at radius 1 is 1.39 bits per heavy atom. The van der Waals surface area contributed by atoms with Crippen molar-refractivity contribution in [3.8, 4) is 6.07 Å². The number of nitrogens with zero attached hydrogens (tertiary/aromatic N) is 3. The Kier molecular flexibility index (Phi) is 4.45. The van der Waals surface area contributed by atoms with Gasteiger partial charge in [0.05, 0.1) is 11.6 Å². The maximum atomic E-state index is 8.79. The molecular weight excluding hydrogens is 226 g/mol. The average Bonchev–Trinajstić information content (AvgIpc) is 2.92. The molecule has 1 heterocycles. The summed E-state index contributed by atoms with van der Waals surface area (Å²) in [4.78, 5) is 4.06. The zero-order valence-corrected chi connectivity index (χ0v) is 10.1. The Morgan fingerprint density at radius 3 is 3.11 bits per heavy atom. The number of nitriles is 1. The minimum absolute atomic E-state index is 0.705. The van der Waals surface area contributed by atoms with E-state index in [0.717, 1.165) is 37.3 Å². The molecule has 18 heavy (non-hydrogen) atoms. The van der Waals surface area contributed by atoms with Gasteiger partial charge in [-0.05, 0) is 30.7 Å². The number of hydrogen-bond acceptors (Lipinski definition) is 4. The Hall–Kier alpha value is -2.19. The molecule has 2 N–H and O–H groups in total. The molecule has 2 rings (SSSR count). The summed E-state index contributed by atoms with van der Waals surface area (Å²) in [5, 5.41) is 18.8. The average molecular weight is 241 g/mol. The first kappa shape index (κ1) is 12.3. The van der Waals surface area contributed by atoms with Crippen LogP contribution >= 0.6 is 0 Å². The van der Waals surface area contributed by atoms with Crippen molar-refractivity contribution >= 4 is 0 Å². The summed E-state index contributed by atoms with van der Waals surface area (Å²) in [6.07, 6.45) is 3.43. The fourth-order valence-electron chi connectivity index (χ4n) is 1.72. The van der Waals surface area contributed by atoms with Gasteiger partial charge in [0.1, 0.15) is 12.2 Å². The van der Waals surface area contributed by atoms with E-state index in [0.29, 0.717) is 5.56 Å². The summed E-state index contributed by atoms with van der Waals surface area (Å²) < 4.78 is 0. The molecule has 1 aromatic carbocycles. The molecule has 5 nitrogen and oxygen atoms in total. The van der Waals surface area contributed by atoms with Gasteiger partial charge in [-0.3, -0.25) is 5.10 Å². The van der Waals surface area contributed by atoms with Crippen LogP contribution in [0.3, 0.4) is 0 Å². The van der Waals surface area contributed by atoms with Gasteiger partial charge in [0.15, 0.2) is 0 Å². The van der Waals surface area contributed by atoms with Crippen LogP contribution in [0.1, 0.15) is 23.4 Å². The fraction of sp³-hybridized carbons (Fsp3) is 0.308. The van der Waals surface area contributed by atoms with E-state index in [-0.39, 0.29) is 0 Å². The summed E-state index contributed by atoms with van der Waals surface area (Å²) in [6, 6.07) is 9.78. The van der Waals surface area contributed by atoms with Crippen LogP contribution in [0, 0.1) is 11.3 Å². The SMILES string of the molecule is N#Cc1cccc(CNCCCc2ncn[nH]2)c1. The number of aryl methyl sites for hydroxylation is 1. The van der Waals surface area contributed by atoms with Crippen LogP contribution in [0.15, 0.2) is 30.6 Å². The Morgan fingerprint density at radius 2 is 2.33 bits per heavy atom. The normalized spacial score (nSPS) is 10.2. The number of nitrogens with one attached hydrogen (secondary N) is 2. The first-order valence-electron chi connectivity index (χ1n) is 5.92. The van der Waals surface area contributed by atoms with Gasteiger partial charge in [0.2, 0.25) is 0 Å². The Bertz CT molecular complexity index is 512. The van der Waals surface area contributed by atoms with Crippen molar-refractivity contribution in [2.75, 3.05) is 6.54 Å². The van der Waals surface area contributed by atoms with Gasteiger partial charge >= 0.3 is 0 Å². The lowest BCUT2D eigenvalue weighted by atomic mass is 10.1. The maximum absolute atomic E-state index is 8.79. The lowest BCUT2D eigenvalue weighted by Gasteiger charge is -2.04. The monoisotopic (exact) mass is 241 g/mol. The molecule has 0 aliphatic carbocycles. The molecule has 0 fully saturated rings. The molecular formula is C13H15N5. The summed E-state index contributed by atoms with van der Waals surface area (Å²) in [7, 11) is 0. The standard InChI is InChI=1S/C13H15N5/c14-8-11-3-1-4-12(7-11)9-15-6-2-5-13-16-10-17-18-13/h1,3-4,7,10,15H,2,5-6,9H2,(H,16,17,18). The molecule has 2 aromatic rings. The number of hydrogen-bond donors (Lipinski definition) is 2. The maximum Gasteiger partial charge on any atom is 0.137 e. The number of benzene rings is 1. The van der Waals surface area contributed by atoms with Gasteiger partial charge in [-0.2, -0.15) is 10.4 Å². The summed E-state index contributed by atoms with van der Waals surface area (Å²) in [6.45, 7) is 1.70. The van der Waals surface area contributed by atoms with E-state index in [4.69, 9.17) is 5.26 Å². The largest absolute Gasteiger partial charge is 0.313 e. The third-order valence-electron chi connectivity index (χ3n) is 2.62. The molecule has 0 saturated heterocycles. The molecule has 1 aromatic heterocycles. The quantitative estimate of drug-likeness (QED) is 0.749. The second kappa shape index (κ2) is 6.52. The molecule has 0 amide bonds. The molecule has 0 aliphatic heterocycles. The minimum Gasteiger partial charge on any atom is -0.313 e. The van der Waals surface area contributed by atoms with Crippen LogP contribution in [-0.4, -0.2) is 21.7 Å². The van der Waals surface area contributed by atoms with Crippen LogP contribution in [0.25, 0.3) is 0 Å². The first-order chi connectivity index (χ1) is 8.88. The third kappa shape index (κ3) is 3.68. The van der Waals surface area contributed by atoms with Crippen molar-refractivity contribution in [1.29, 1.82) is 5.26 Å². The van der Waals surface area contributed by atoms with Crippen molar-refractivity contribution in [3.05, 3.63) is 47.5 Å².